The van der Waals surface area contributed by atoms with Crippen LogP contribution in [0, 0.1) is 0 Å². The highest BCUT2D eigenvalue weighted by Crippen LogP contribution is 2.64. The topological polar surface area (TPSA) is 34.1 Å². The summed E-state index contributed by atoms with van der Waals surface area (Å²) < 4.78 is 246. The van der Waals surface area contributed by atoms with Gasteiger partial charge in [0, 0.05) is 0 Å². The first-order chi connectivity index (χ1) is 12.0. The van der Waals surface area contributed by atoms with Crippen molar-refractivity contribution in [1.29, 1.82) is 0 Å². The maximum Gasteiger partial charge on any atom is 0.460 e. The van der Waals surface area contributed by atoms with Gasteiger partial charge in [-0.2, -0.15) is 78.7 Å². The van der Waals surface area contributed by atoms with Gasteiger partial charge in [-0.05, 0) is 0 Å². The van der Waals surface area contributed by atoms with Gasteiger partial charge >= 0.3 is 57.2 Å². The second kappa shape index (κ2) is 6.34. The fourth-order valence-corrected chi connectivity index (χ4v) is 2.15. The van der Waals surface area contributed by atoms with E-state index in [1.807, 2.05) is 0 Å². The second-order valence-electron chi connectivity index (χ2n) is 4.90. The Kier molecular flexibility index (Phi) is 6.06. The van der Waals surface area contributed by atoms with Gasteiger partial charge in [-0.25, -0.2) is 4.39 Å². The molecule has 21 heteroatoms. The van der Waals surface area contributed by atoms with E-state index in [1.165, 1.54) is 0 Å². The molecule has 0 amide bonds. The SMILES string of the molecule is O=S(=O)(F)C(F)(C(F)(F)F)C(F)(F)C(F)(F)C(F)(F)C(F)(F)C(F)(F)C(F)(F)F. The standard InChI is InChI=1S/C8F18O2S/c9-1(10,3(13,14)5(17,18)7(20,21)22)2(11,12)4(15,16)6(19,8(23,24)25)29(26,27)28. The Morgan fingerprint density at radius 2 is 0.621 bits per heavy atom. The Labute approximate surface area is 145 Å². The first-order valence-electron chi connectivity index (χ1n) is 5.65. The van der Waals surface area contributed by atoms with E-state index in [0.717, 1.165) is 0 Å². The predicted molar refractivity (Wildman–Crippen MR) is 50.7 cm³/mol. The van der Waals surface area contributed by atoms with Crippen LogP contribution in [0.2, 0.25) is 0 Å². The lowest BCUT2D eigenvalue weighted by Crippen LogP contribution is -2.75. The number of hydrogen-bond acceptors (Lipinski definition) is 2. The van der Waals surface area contributed by atoms with Crippen LogP contribution in [0.25, 0.3) is 0 Å². The normalized spacial score (nSPS) is 18.6. The summed E-state index contributed by atoms with van der Waals surface area (Å²) in [4.78, 5) is 0. The molecule has 1 atom stereocenters. The highest BCUT2D eigenvalue weighted by molar-refractivity contribution is 7.87. The molecule has 2 nitrogen and oxygen atoms in total. The van der Waals surface area contributed by atoms with Crippen molar-refractivity contribution in [1.82, 2.24) is 0 Å². The Hall–Kier alpha value is -1.31. The van der Waals surface area contributed by atoms with Crippen LogP contribution < -0.4 is 0 Å². The summed E-state index contributed by atoms with van der Waals surface area (Å²) in [5, 5.41) is -8.48. The zero-order chi connectivity index (χ0) is 24.5. The molecule has 0 aromatic carbocycles. The average molecular weight is 502 g/mol. The molecule has 0 saturated heterocycles. The van der Waals surface area contributed by atoms with E-state index in [2.05, 4.69) is 0 Å². The fraction of sp³-hybridized carbons (Fsp3) is 1.00. The molecule has 176 valence electrons. The second-order valence-corrected chi connectivity index (χ2v) is 6.34. The summed E-state index contributed by atoms with van der Waals surface area (Å²) in [7, 11) is -8.84. The molecule has 0 bridgehead atoms. The maximum atomic E-state index is 13.2. The first kappa shape index (κ1) is 27.7. The van der Waals surface area contributed by atoms with E-state index in [-0.39, 0.29) is 0 Å². The molecule has 0 fully saturated rings. The zero-order valence-electron chi connectivity index (χ0n) is 12.0. The zero-order valence-corrected chi connectivity index (χ0v) is 12.8. The van der Waals surface area contributed by atoms with Crippen molar-refractivity contribution in [3.05, 3.63) is 0 Å². The van der Waals surface area contributed by atoms with E-state index in [0.29, 0.717) is 0 Å². The van der Waals surface area contributed by atoms with Gasteiger partial charge in [0.15, 0.2) is 0 Å². The summed E-state index contributed by atoms with van der Waals surface area (Å²) >= 11 is 0. The number of alkyl halides is 17. The molecule has 0 aromatic heterocycles. The van der Waals surface area contributed by atoms with Crippen LogP contribution in [0.4, 0.5) is 78.5 Å². The number of halogens is 18. The largest absolute Gasteiger partial charge is 0.460 e. The predicted octanol–water partition coefficient (Wildman–Crippen LogP) is 5.25. The fourth-order valence-electron chi connectivity index (χ4n) is 1.44. The number of rotatable bonds is 6. The average Bonchev–Trinajstić information content (AvgIpc) is 2.41. The number of hydrogen-bond donors (Lipinski definition) is 0. The molecule has 29 heavy (non-hydrogen) atoms. The van der Waals surface area contributed by atoms with Gasteiger partial charge in [0.25, 0.3) is 0 Å². The molecular formula is C8F18O2S. The van der Waals surface area contributed by atoms with E-state index < -0.39 is 57.2 Å². The highest BCUT2D eigenvalue weighted by Gasteiger charge is 2.97. The molecule has 0 aliphatic heterocycles. The van der Waals surface area contributed by atoms with E-state index in [4.69, 9.17) is 0 Å². The third kappa shape index (κ3) is 3.26. The Morgan fingerprint density at radius 3 is 0.828 bits per heavy atom. The highest BCUT2D eigenvalue weighted by atomic mass is 32.3. The van der Waals surface area contributed by atoms with Gasteiger partial charge < -0.3 is 0 Å². The van der Waals surface area contributed by atoms with E-state index in [9.17, 15) is 86.9 Å². The van der Waals surface area contributed by atoms with Crippen LogP contribution in [-0.2, 0) is 10.2 Å². The molecule has 0 spiro atoms. The van der Waals surface area contributed by atoms with Crippen molar-refractivity contribution < 1.29 is 86.9 Å². The van der Waals surface area contributed by atoms with Crippen LogP contribution in [0.5, 0.6) is 0 Å². The molecule has 1 unspecified atom stereocenters. The quantitative estimate of drug-likeness (QED) is 0.368. The van der Waals surface area contributed by atoms with Gasteiger partial charge in [0.1, 0.15) is 0 Å². The van der Waals surface area contributed by atoms with Crippen LogP contribution in [-0.4, -0.2) is 55.4 Å². The van der Waals surface area contributed by atoms with Crippen molar-refractivity contribution >= 4 is 10.2 Å². The summed E-state index contributed by atoms with van der Waals surface area (Å²) in [5.41, 5.74) is 0. The van der Waals surface area contributed by atoms with Crippen LogP contribution in [0.15, 0.2) is 0 Å². The molecule has 0 rings (SSSR count). The molecule has 0 aliphatic carbocycles. The molecule has 0 radical (unpaired) electrons. The Morgan fingerprint density at radius 1 is 0.379 bits per heavy atom. The lowest BCUT2D eigenvalue weighted by Gasteiger charge is -2.42. The van der Waals surface area contributed by atoms with E-state index in [1.54, 1.807) is 0 Å². The molecule has 0 N–H and O–H groups in total. The van der Waals surface area contributed by atoms with Crippen molar-refractivity contribution in [3.63, 3.8) is 0 Å². The third-order valence-corrected chi connectivity index (χ3v) is 4.20. The third-order valence-electron chi connectivity index (χ3n) is 3.04. The minimum atomic E-state index is -9.01. The van der Waals surface area contributed by atoms with Gasteiger partial charge in [-0.3, -0.25) is 0 Å². The molecule has 0 aliphatic rings. The van der Waals surface area contributed by atoms with Crippen molar-refractivity contribution in [3.8, 4) is 0 Å². The Bertz CT molecular complexity index is 728. The molecule has 0 heterocycles. The Balaban J connectivity index is 7.12. The molecule has 0 saturated carbocycles. The van der Waals surface area contributed by atoms with Crippen molar-refractivity contribution in [2.45, 2.75) is 47.0 Å². The van der Waals surface area contributed by atoms with Gasteiger partial charge in [-0.1, -0.05) is 0 Å². The summed E-state index contributed by atoms with van der Waals surface area (Å²) in [6.07, 6.45) is -16.1. The minimum absolute atomic E-state index is 7.92. The van der Waals surface area contributed by atoms with Gasteiger partial charge in [0.05, 0.1) is 0 Å². The monoisotopic (exact) mass is 502 g/mol. The van der Waals surface area contributed by atoms with Crippen molar-refractivity contribution in [2.75, 3.05) is 0 Å². The lowest BCUT2D eigenvalue weighted by molar-refractivity contribution is -0.450. The summed E-state index contributed by atoms with van der Waals surface area (Å²) in [6, 6.07) is 0. The van der Waals surface area contributed by atoms with Crippen LogP contribution in [0.1, 0.15) is 0 Å². The summed E-state index contributed by atoms with van der Waals surface area (Å²) in [6.45, 7) is 0. The summed E-state index contributed by atoms with van der Waals surface area (Å²) in [5.74, 6) is -44.0. The van der Waals surface area contributed by atoms with Crippen LogP contribution in [0.3, 0.4) is 0 Å². The first-order valence-corrected chi connectivity index (χ1v) is 7.04. The maximum absolute atomic E-state index is 13.2. The van der Waals surface area contributed by atoms with Gasteiger partial charge in [0.2, 0.25) is 0 Å². The van der Waals surface area contributed by atoms with Crippen LogP contribution >= 0.6 is 0 Å². The smallest absolute Gasteiger partial charge is 0.206 e. The van der Waals surface area contributed by atoms with Crippen molar-refractivity contribution in [2.24, 2.45) is 0 Å². The molecule has 0 aromatic rings. The van der Waals surface area contributed by atoms with Gasteiger partial charge in [-0.15, -0.1) is 3.89 Å². The molecular weight excluding hydrogens is 502 g/mol. The van der Waals surface area contributed by atoms with E-state index >= 15 is 0 Å². The minimum Gasteiger partial charge on any atom is -0.206 e. The lowest BCUT2D eigenvalue weighted by atomic mass is 9.91.